The fourth-order valence-corrected chi connectivity index (χ4v) is 2.63. The van der Waals surface area contributed by atoms with Gasteiger partial charge in [0.15, 0.2) is 0 Å². The number of hydrogen-bond donors (Lipinski definition) is 1. The van der Waals surface area contributed by atoms with Crippen LogP contribution in [0.25, 0.3) is 17.8 Å². The second-order valence-corrected chi connectivity index (χ2v) is 6.93. The summed E-state index contributed by atoms with van der Waals surface area (Å²) in [4.78, 5) is 12.2. The number of phenolic OH excluding ortho intramolecular Hbond substituents is 1. The Morgan fingerprint density at radius 1 is 1.24 bits per heavy atom. The summed E-state index contributed by atoms with van der Waals surface area (Å²) in [6.07, 6.45) is 7.30. The number of nitrogens with zero attached hydrogens (tertiary/aromatic N) is 3. The molecule has 1 aromatic heterocycles. The van der Waals surface area contributed by atoms with Gasteiger partial charge in [0.25, 0.3) is 0 Å². The van der Waals surface area contributed by atoms with E-state index < -0.39 is 0 Å². The van der Waals surface area contributed by atoms with Gasteiger partial charge < -0.3 is 9.90 Å². The van der Waals surface area contributed by atoms with E-state index in [0.717, 1.165) is 17.4 Å². The maximum absolute atomic E-state index is 10.8. The fourth-order valence-electron chi connectivity index (χ4n) is 2.63. The van der Waals surface area contributed by atoms with E-state index in [1.165, 1.54) is 4.80 Å². The first kappa shape index (κ1) is 18.6. The molecule has 25 heavy (non-hydrogen) atoms. The fraction of sp³-hybridized carbons (Fsp3) is 0.350. The molecular weight excluding hydrogens is 314 g/mol. The first-order valence-corrected chi connectivity index (χ1v) is 8.34. The molecule has 0 fully saturated rings. The third-order valence-electron chi connectivity index (χ3n) is 3.91. The molecule has 0 aliphatic heterocycles. The molecule has 0 spiro atoms. The van der Waals surface area contributed by atoms with Crippen LogP contribution in [0.2, 0.25) is 0 Å². The van der Waals surface area contributed by atoms with Gasteiger partial charge in [-0.1, -0.05) is 39.5 Å². The number of rotatable bonds is 6. The highest BCUT2D eigenvalue weighted by Crippen LogP contribution is 2.36. The number of aryl methyl sites for hydroxylation is 1. The second kappa shape index (κ2) is 7.47. The minimum atomic E-state index is -0.253. The van der Waals surface area contributed by atoms with E-state index >= 15 is 0 Å². The zero-order valence-corrected chi connectivity index (χ0v) is 15.3. The van der Waals surface area contributed by atoms with Crippen molar-refractivity contribution in [3.8, 4) is 11.4 Å². The lowest BCUT2D eigenvalue weighted by atomic mass is 9.84. The molecule has 0 saturated carbocycles. The van der Waals surface area contributed by atoms with Crippen LogP contribution >= 0.6 is 0 Å². The lowest BCUT2D eigenvalue weighted by Crippen LogP contribution is -2.14. The molecule has 1 N–H and O–H groups in total. The first-order valence-electron chi connectivity index (χ1n) is 8.34. The van der Waals surface area contributed by atoms with Gasteiger partial charge in [0.05, 0.1) is 0 Å². The summed E-state index contributed by atoms with van der Waals surface area (Å²) in [5.41, 5.74) is 3.36. The van der Waals surface area contributed by atoms with Crippen molar-refractivity contribution in [2.45, 2.75) is 46.0 Å². The average Bonchev–Trinajstić information content (AvgIpc) is 2.96. The molecule has 0 unspecified atom stereocenters. The zero-order valence-electron chi connectivity index (χ0n) is 15.3. The van der Waals surface area contributed by atoms with E-state index in [-0.39, 0.29) is 11.2 Å². The van der Waals surface area contributed by atoms with Crippen LogP contribution in [0.1, 0.15) is 56.6 Å². The molecule has 132 valence electrons. The van der Waals surface area contributed by atoms with Gasteiger partial charge in [-0.2, -0.15) is 0 Å². The number of hydrogen-bond acceptors (Lipinski definition) is 4. The molecule has 0 aliphatic carbocycles. The van der Waals surface area contributed by atoms with Crippen LogP contribution in [-0.2, 0) is 16.6 Å². The van der Waals surface area contributed by atoms with E-state index in [4.69, 9.17) is 0 Å². The smallest absolute Gasteiger partial charge is 0.146 e. The predicted molar refractivity (Wildman–Crippen MR) is 101 cm³/mol. The number of aromatic hydroxyl groups is 1. The summed E-state index contributed by atoms with van der Waals surface area (Å²) in [7, 11) is 0. The van der Waals surface area contributed by atoms with Crippen LogP contribution in [0.15, 0.2) is 24.8 Å². The topological polar surface area (TPSA) is 68.0 Å². The third-order valence-corrected chi connectivity index (χ3v) is 3.91. The SMILES string of the molecule is C=Cc1nn(-c2cc(CCC=O)cc(C(C)(C)C)c2O)nc1/C=C\C. The Morgan fingerprint density at radius 2 is 1.92 bits per heavy atom. The summed E-state index contributed by atoms with van der Waals surface area (Å²) in [6, 6.07) is 3.79. The summed E-state index contributed by atoms with van der Waals surface area (Å²) in [5, 5.41) is 19.7. The highest BCUT2D eigenvalue weighted by molar-refractivity contribution is 5.60. The molecule has 5 nitrogen and oxygen atoms in total. The van der Waals surface area contributed by atoms with Crippen molar-refractivity contribution >= 4 is 18.4 Å². The van der Waals surface area contributed by atoms with Gasteiger partial charge in [-0.3, -0.25) is 0 Å². The lowest BCUT2D eigenvalue weighted by molar-refractivity contribution is -0.107. The molecule has 2 rings (SSSR count). The third kappa shape index (κ3) is 4.05. The monoisotopic (exact) mass is 339 g/mol. The largest absolute Gasteiger partial charge is 0.505 e. The Balaban J connectivity index is 2.67. The van der Waals surface area contributed by atoms with Gasteiger partial charge in [-0.25, -0.2) is 0 Å². The van der Waals surface area contributed by atoms with Crippen LogP contribution in [0.4, 0.5) is 0 Å². The predicted octanol–water partition coefficient (Wildman–Crippen LogP) is 4.08. The number of aldehydes is 1. The van der Waals surface area contributed by atoms with Gasteiger partial charge in [0.1, 0.15) is 29.1 Å². The van der Waals surface area contributed by atoms with Gasteiger partial charge in [-0.15, -0.1) is 15.0 Å². The molecule has 0 radical (unpaired) electrons. The molecule has 2 aromatic rings. The minimum absolute atomic E-state index is 0.153. The number of carbonyl (C=O) groups excluding carboxylic acids is 1. The quantitative estimate of drug-likeness (QED) is 0.805. The molecule has 1 aromatic carbocycles. The second-order valence-electron chi connectivity index (χ2n) is 6.93. The molecule has 5 heteroatoms. The van der Waals surface area contributed by atoms with Crippen molar-refractivity contribution in [3.63, 3.8) is 0 Å². The molecule has 0 amide bonds. The van der Waals surface area contributed by atoms with Gasteiger partial charge in [0.2, 0.25) is 0 Å². The average molecular weight is 339 g/mol. The minimum Gasteiger partial charge on any atom is -0.505 e. The highest BCUT2D eigenvalue weighted by atomic mass is 16.3. The van der Waals surface area contributed by atoms with Crippen molar-refractivity contribution in [2.24, 2.45) is 0 Å². The van der Waals surface area contributed by atoms with E-state index in [0.29, 0.717) is 29.9 Å². The Kier molecular flexibility index (Phi) is 5.57. The lowest BCUT2D eigenvalue weighted by Gasteiger charge is -2.23. The van der Waals surface area contributed by atoms with Crippen molar-refractivity contribution in [1.29, 1.82) is 0 Å². The Hall–Kier alpha value is -2.69. The van der Waals surface area contributed by atoms with Crippen LogP contribution < -0.4 is 0 Å². The van der Waals surface area contributed by atoms with Crippen molar-refractivity contribution in [3.05, 3.63) is 47.3 Å². The molecule has 0 aliphatic rings. The molecule has 0 bridgehead atoms. The summed E-state index contributed by atoms with van der Waals surface area (Å²) in [5.74, 6) is 0.153. The van der Waals surface area contributed by atoms with E-state index in [1.54, 1.807) is 6.08 Å². The Morgan fingerprint density at radius 3 is 2.48 bits per heavy atom. The number of phenols is 1. The highest BCUT2D eigenvalue weighted by Gasteiger charge is 2.23. The number of benzene rings is 1. The summed E-state index contributed by atoms with van der Waals surface area (Å²) < 4.78 is 0. The normalized spacial score (nSPS) is 11.8. The van der Waals surface area contributed by atoms with Crippen molar-refractivity contribution < 1.29 is 9.90 Å². The number of carbonyl (C=O) groups is 1. The Bertz CT molecular complexity index is 811. The van der Waals surface area contributed by atoms with Gasteiger partial charge in [-0.05, 0) is 42.5 Å². The van der Waals surface area contributed by atoms with Crippen molar-refractivity contribution in [1.82, 2.24) is 15.0 Å². The maximum Gasteiger partial charge on any atom is 0.146 e. The number of aromatic nitrogens is 3. The number of allylic oxidation sites excluding steroid dienone is 1. The van der Waals surface area contributed by atoms with Crippen LogP contribution in [0, 0.1) is 0 Å². The van der Waals surface area contributed by atoms with Crippen molar-refractivity contribution in [2.75, 3.05) is 0 Å². The summed E-state index contributed by atoms with van der Waals surface area (Å²) >= 11 is 0. The van der Waals surface area contributed by atoms with E-state index in [1.807, 2.05) is 52.0 Å². The van der Waals surface area contributed by atoms with Gasteiger partial charge in [0, 0.05) is 12.0 Å². The van der Waals surface area contributed by atoms with Gasteiger partial charge >= 0.3 is 0 Å². The molecule has 0 atom stereocenters. The van der Waals surface area contributed by atoms with Crippen LogP contribution in [-0.4, -0.2) is 26.4 Å². The van der Waals surface area contributed by atoms with E-state index in [9.17, 15) is 9.90 Å². The molecule has 1 heterocycles. The summed E-state index contributed by atoms with van der Waals surface area (Å²) in [6.45, 7) is 11.8. The first-order chi connectivity index (χ1) is 11.8. The molecule has 0 saturated heterocycles. The van der Waals surface area contributed by atoms with E-state index in [2.05, 4.69) is 16.8 Å². The Labute approximate surface area is 148 Å². The van der Waals surface area contributed by atoms with Crippen LogP contribution in [0.3, 0.4) is 0 Å². The molecular formula is C20H25N3O2. The standard InChI is InChI=1S/C20H25N3O2/c1-6-9-17-16(7-2)21-23(22-17)18-13-14(10-8-11-24)12-15(19(18)25)20(3,4)5/h6-7,9,11-13,25H,2,8,10H2,1,3-5H3/b9-6-. The maximum atomic E-state index is 10.8. The van der Waals surface area contributed by atoms with Crippen LogP contribution in [0.5, 0.6) is 5.75 Å². The zero-order chi connectivity index (χ0) is 18.6.